The lowest BCUT2D eigenvalue weighted by atomic mass is 10.1. The van der Waals surface area contributed by atoms with Gasteiger partial charge >= 0.3 is 0 Å². The van der Waals surface area contributed by atoms with Gasteiger partial charge in [0.1, 0.15) is 17.0 Å². The van der Waals surface area contributed by atoms with Crippen LogP contribution in [-0.2, 0) is 5.60 Å². The van der Waals surface area contributed by atoms with E-state index in [0.29, 0.717) is 5.56 Å². The Balaban J connectivity index is 2.60. The lowest BCUT2D eigenvalue weighted by Crippen LogP contribution is -2.25. The molecule has 0 aliphatic heterocycles. The van der Waals surface area contributed by atoms with Crippen LogP contribution in [0.3, 0.4) is 0 Å². The van der Waals surface area contributed by atoms with Crippen LogP contribution in [-0.4, -0.2) is 20.2 Å². The largest absolute Gasteiger partial charge is 0.493 e. The predicted octanol–water partition coefficient (Wildman–Crippen LogP) is 2.13. The molecule has 0 atom stereocenters. The molecule has 0 radical (unpaired) electrons. The van der Waals surface area contributed by atoms with Crippen molar-refractivity contribution in [2.24, 2.45) is 0 Å². The van der Waals surface area contributed by atoms with E-state index in [2.05, 4.69) is 25.9 Å². The Labute approximate surface area is 118 Å². The van der Waals surface area contributed by atoms with Gasteiger partial charge in [-0.1, -0.05) is 28.1 Å². The van der Waals surface area contributed by atoms with Crippen LogP contribution >= 0.6 is 15.9 Å². The number of nitrogens with one attached hydrogen (secondary N) is 1. The van der Waals surface area contributed by atoms with E-state index < -0.39 is 17.0 Å². The molecular formula is C13H13BrN2O3. The maximum atomic E-state index is 12.0. The predicted molar refractivity (Wildman–Crippen MR) is 74.9 cm³/mol. The van der Waals surface area contributed by atoms with E-state index in [1.807, 2.05) is 0 Å². The first-order chi connectivity index (χ1) is 8.79. The van der Waals surface area contributed by atoms with Crippen LogP contribution in [0.5, 0.6) is 5.88 Å². The second-order valence-electron chi connectivity index (χ2n) is 4.68. The number of hydrogen-bond acceptors (Lipinski definition) is 4. The molecule has 19 heavy (non-hydrogen) atoms. The Morgan fingerprint density at radius 2 is 1.84 bits per heavy atom. The molecule has 100 valence electrons. The molecule has 0 amide bonds. The Kier molecular flexibility index (Phi) is 3.47. The van der Waals surface area contributed by atoms with Gasteiger partial charge < -0.3 is 15.2 Å². The zero-order chi connectivity index (χ0) is 14.2. The summed E-state index contributed by atoms with van der Waals surface area (Å²) in [6.07, 6.45) is 0. The zero-order valence-electron chi connectivity index (χ0n) is 10.4. The SMILES string of the molecule is CC(C)(O)c1nc(O)c(-c2ccc(Br)cc2)c(=O)[nH]1. The van der Waals surface area contributed by atoms with Crippen LogP contribution in [0.25, 0.3) is 11.1 Å². The highest BCUT2D eigenvalue weighted by Crippen LogP contribution is 2.26. The maximum absolute atomic E-state index is 12.0. The molecule has 0 unspecified atom stereocenters. The van der Waals surface area contributed by atoms with Crippen molar-refractivity contribution in [1.82, 2.24) is 9.97 Å². The monoisotopic (exact) mass is 324 g/mol. The van der Waals surface area contributed by atoms with Gasteiger partial charge in [0.25, 0.3) is 5.56 Å². The molecule has 6 heteroatoms. The van der Waals surface area contributed by atoms with Crippen molar-refractivity contribution < 1.29 is 10.2 Å². The molecule has 0 bridgehead atoms. The third-order valence-corrected chi connectivity index (χ3v) is 3.14. The van der Waals surface area contributed by atoms with Crippen molar-refractivity contribution in [3.8, 4) is 17.0 Å². The summed E-state index contributed by atoms with van der Waals surface area (Å²) in [6, 6.07) is 6.91. The highest BCUT2D eigenvalue weighted by molar-refractivity contribution is 9.10. The first-order valence-corrected chi connectivity index (χ1v) is 6.40. The molecule has 0 fully saturated rings. The summed E-state index contributed by atoms with van der Waals surface area (Å²) in [5, 5.41) is 19.7. The molecule has 1 aromatic carbocycles. The number of rotatable bonds is 2. The van der Waals surface area contributed by atoms with Gasteiger partial charge in [-0.25, -0.2) is 0 Å². The van der Waals surface area contributed by atoms with Crippen molar-refractivity contribution in [2.45, 2.75) is 19.4 Å². The minimum atomic E-state index is -1.32. The van der Waals surface area contributed by atoms with Crippen molar-refractivity contribution in [3.05, 3.63) is 44.9 Å². The highest BCUT2D eigenvalue weighted by atomic mass is 79.9. The molecule has 0 aliphatic rings. The summed E-state index contributed by atoms with van der Waals surface area (Å²) in [7, 11) is 0. The lowest BCUT2D eigenvalue weighted by Gasteiger charge is -2.16. The number of halogens is 1. The molecule has 0 saturated carbocycles. The van der Waals surface area contributed by atoms with Crippen LogP contribution in [0.1, 0.15) is 19.7 Å². The standard InChI is InChI=1S/C13H13BrN2O3/c1-13(2,19)12-15-10(17)9(11(18)16-12)7-3-5-8(14)6-4-7/h3-6,19H,1-2H3,(H2,15,16,17,18). The van der Waals surface area contributed by atoms with Gasteiger partial charge in [0.2, 0.25) is 5.88 Å². The summed E-state index contributed by atoms with van der Waals surface area (Å²) >= 11 is 3.30. The van der Waals surface area contributed by atoms with E-state index in [4.69, 9.17) is 0 Å². The molecule has 1 aromatic heterocycles. The number of H-pyrrole nitrogens is 1. The second-order valence-corrected chi connectivity index (χ2v) is 5.59. The molecule has 0 spiro atoms. The summed E-state index contributed by atoms with van der Waals surface area (Å²) in [5.74, 6) is -0.376. The summed E-state index contributed by atoms with van der Waals surface area (Å²) < 4.78 is 0.869. The number of aromatic hydroxyl groups is 1. The van der Waals surface area contributed by atoms with E-state index >= 15 is 0 Å². The van der Waals surface area contributed by atoms with Crippen molar-refractivity contribution >= 4 is 15.9 Å². The number of benzene rings is 1. The van der Waals surface area contributed by atoms with E-state index in [1.165, 1.54) is 13.8 Å². The second kappa shape index (κ2) is 4.79. The third-order valence-electron chi connectivity index (χ3n) is 2.61. The summed E-state index contributed by atoms with van der Waals surface area (Å²) in [6.45, 7) is 2.95. The van der Waals surface area contributed by atoms with Crippen LogP contribution in [0.2, 0.25) is 0 Å². The van der Waals surface area contributed by atoms with Crippen molar-refractivity contribution in [1.29, 1.82) is 0 Å². The number of aromatic amines is 1. The highest BCUT2D eigenvalue weighted by Gasteiger charge is 2.22. The third kappa shape index (κ3) is 2.85. The minimum Gasteiger partial charge on any atom is -0.493 e. The zero-order valence-corrected chi connectivity index (χ0v) is 12.0. The Morgan fingerprint density at radius 3 is 2.32 bits per heavy atom. The average Bonchev–Trinajstić information content (AvgIpc) is 2.29. The van der Waals surface area contributed by atoms with E-state index in [0.717, 1.165) is 4.47 Å². The molecule has 0 aliphatic carbocycles. The van der Waals surface area contributed by atoms with Gasteiger partial charge in [0.15, 0.2) is 0 Å². The van der Waals surface area contributed by atoms with Gasteiger partial charge in [0, 0.05) is 4.47 Å². The molecule has 2 rings (SSSR count). The fourth-order valence-corrected chi connectivity index (χ4v) is 1.89. The first kappa shape index (κ1) is 13.8. The number of aromatic nitrogens is 2. The normalized spacial score (nSPS) is 11.6. The quantitative estimate of drug-likeness (QED) is 0.789. The van der Waals surface area contributed by atoms with Crippen LogP contribution in [0, 0.1) is 0 Å². The Morgan fingerprint density at radius 1 is 1.26 bits per heavy atom. The fourth-order valence-electron chi connectivity index (χ4n) is 1.63. The van der Waals surface area contributed by atoms with E-state index in [1.54, 1.807) is 24.3 Å². The summed E-state index contributed by atoms with van der Waals surface area (Å²) in [5.41, 5.74) is -1.18. The maximum Gasteiger partial charge on any atom is 0.262 e. The number of nitrogens with zero attached hydrogens (tertiary/aromatic N) is 1. The molecule has 1 heterocycles. The minimum absolute atomic E-state index is 0.0239. The van der Waals surface area contributed by atoms with E-state index in [-0.39, 0.29) is 11.4 Å². The Bertz CT molecular complexity index is 657. The molecule has 0 saturated heterocycles. The average molecular weight is 325 g/mol. The van der Waals surface area contributed by atoms with Crippen molar-refractivity contribution in [2.75, 3.05) is 0 Å². The van der Waals surface area contributed by atoms with Gasteiger partial charge in [-0.2, -0.15) is 4.98 Å². The molecule has 5 nitrogen and oxygen atoms in total. The van der Waals surface area contributed by atoms with E-state index in [9.17, 15) is 15.0 Å². The van der Waals surface area contributed by atoms with Crippen molar-refractivity contribution in [3.63, 3.8) is 0 Å². The topological polar surface area (TPSA) is 86.2 Å². The van der Waals surface area contributed by atoms with Crippen LogP contribution in [0.15, 0.2) is 33.5 Å². The molecular weight excluding hydrogens is 312 g/mol. The lowest BCUT2D eigenvalue weighted by molar-refractivity contribution is 0.0677. The summed E-state index contributed by atoms with van der Waals surface area (Å²) in [4.78, 5) is 18.3. The molecule has 2 aromatic rings. The van der Waals surface area contributed by atoms with Gasteiger partial charge in [-0.05, 0) is 31.5 Å². The van der Waals surface area contributed by atoms with Gasteiger partial charge in [-0.3, -0.25) is 4.79 Å². The first-order valence-electron chi connectivity index (χ1n) is 5.61. The Hall–Kier alpha value is -1.66. The molecule has 3 N–H and O–H groups in total. The van der Waals surface area contributed by atoms with Gasteiger partial charge in [-0.15, -0.1) is 0 Å². The van der Waals surface area contributed by atoms with Gasteiger partial charge in [0.05, 0.1) is 0 Å². The smallest absolute Gasteiger partial charge is 0.262 e. The van der Waals surface area contributed by atoms with Crippen LogP contribution < -0.4 is 5.56 Å². The fraction of sp³-hybridized carbons (Fsp3) is 0.231. The number of aliphatic hydroxyl groups is 1. The van der Waals surface area contributed by atoms with Crippen LogP contribution in [0.4, 0.5) is 0 Å². The number of hydrogen-bond donors (Lipinski definition) is 3.